The lowest BCUT2D eigenvalue weighted by Crippen LogP contribution is -2.49. The molecule has 0 spiro atoms. The number of benzene rings is 1. The third-order valence-corrected chi connectivity index (χ3v) is 6.92. The smallest absolute Gasteiger partial charge is 0.352 e. The lowest BCUT2D eigenvalue weighted by Gasteiger charge is -2.34. The molecule has 12 heteroatoms. The topological polar surface area (TPSA) is 79.3 Å². The summed E-state index contributed by atoms with van der Waals surface area (Å²) in [6.07, 6.45) is -3.35. The zero-order chi connectivity index (χ0) is 22.9. The van der Waals surface area contributed by atoms with Gasteiger partial charge in [0.05, 0.1) is 16.2 Å². The Morgan fingerprint density at radius 3 is 2.22 bits per heavy atom. The number of aromatic nitrogens is 3. The Morgan fingerprint density at radius 2 is 1.62 bits per heavy atom. The van der Waals surface area contributed by atoms with Gasteiger partial charge in [0.15, 0.2) is 5.82 Å². The van der Waals surface area contributed by atoms with E-state index in [1.165, 1.54) is 0 Å². The number of hydrogen-bond donors (Lipinski definition) is 0. The number of sulfonamides is 1. The van der Waals surface area contributed by atoms with Crippen LogP contribution in [-0.4, -0.2) is 54.1 Å². The van der Waals surface area contributed by atoms with E-state index >= 15 is 0 Å². The Morgan fingerprint density at radius 1 is 0.875 bits per heavy atom. The second kappa shape index (κ2) is 8.43. The maximum absolute atomic E-state index is 13.5. The number of pyridine rings is 1. The van der Waals surface area contributed by atoms with Gasteiger partial charge in [-0.25, -0.2) is 12.8 Å². The van der Waals surface area contributed by atoms with Gasteiger partial charge in [-0.3, -0.25) is 4.98 Å². The van der Waals surface area contributed by atoms with Crippen molar-refractivity contribution in [3.05, 3.63) is 66.1 Å². The van der Waals surface area contributed by atoms with Crippen molar-refractivity contribution < 1.29 is 26.0 Å². The molecule has 1 saturated heterocycles. The van der Waals surface area contributed by atoms with Gasteiger partial charge in [0.25, 0.3) is 0 Å². The molecule has 0 amide bonds. The molecule has 0 radical (unpaired) electrons. The predicted octanol–water partition coefficient (Wildman–Crippen LogP) is 3.21. The second-order valence-electron chi connectivity index (χ2n) is 7.02. The van der Waals surface area contributed by atoms with Crippen molar-refractivity contribution in [2.24, 2.45) is 0 Å². The fraction of sp³-hybridized carbons (Fsp3) is 0.250. The highest BCUT2D eigenvalue weighted by atomic mass is 32.2. The highest BCUT2D eigenvalue weighted by molar-refractivity contribution is 7.89. The van der Waals surface area contributed by atoms with Crippen LogP contribution in [0.25, 0.3) is 11.4 Å². The molecule has 7 nitrogen and oxygen atoms in total. The standard InChI is InChI=1S/C20H17F4N5O2S/c21-16-5-4-14(13-15(16)20(22,23)24)32(30,31)29-11-9-28(10-12-29)19-7-6-18(26-27-19)17-3-1-2-8-25-17/h1-8,13H,9-12H2. The molecular formula is C20H17F4N5O2S. The lowest BCUT2D eigenvalue weighted by molar-refractivity contribution is -0.140. The van der Waals surface area contributed by atoms with E-state index in [2.05, 4.69) is 15.2 Å². The minimum atomic E-state index is -4.99. The largest absolute Gasteiger partial charge is 0.419 e. The highest BCUT2D eigenvalue weighted by Crippen LogP contribution is 2.33. The van der Waals surface area contributed by atoms with Gasteiger partial charge in [0.1, 0.15) is 11.5 Å². The van der Waals surface area contributed by atoms with Crippen LogP contribution in [0.4, 0.5) is 23.4 Å². The van der Waals surface area contributed by atoms with Crippen LogP contribution < -0.4 is 4.90 Å². The second-order valence-corrected chi connectivity index (χ2v) is 8.96. The summed E-state index contributed by atoms with van der Waals surface area (Å²) in [7, 11) is -4.21. The van der Waals surface area contributed by atoms with Gasteiger partial charge in [-0.1, -0.05) is 6.07 Å². The minimum Gasteiger partial charge on any atom is -0.352 e. The first kappa shape index (κ1) is 22.1. The summed E-state index contributed by atoms with van der Waals surface area (Å²) in [6, 6.07) is 10.6. The fourth-order valence-electron chi connectivity index (χ4n) is 3.33. The molecule has 32 heavy (non-hydrogen) atoms. The van der Waals surface area contributed by atoms with Crippen LogP contribution in [0.1, 0.15) is 5.56 Å². The molecular weight excluding hydrogens is 450 g/mol. The number of hydrogen-bond acceptors (Lipinski definition) is 6. The van der Waals surface area contributed by atoms with Crippen LogP contribution >= 0.6 is 0 Å². The molecule has 3 heterocycles. The summed E-state index contributed by atoms with van der Waals surface area (Å²) in [5, 5.41) is 8.33. The van der Waals surface area contributed by atoms with E-state index in [9.17, 15) is 26.0 Å². The molecule has 1 aliphatic heterocycles. The molecule has 1 aromatic carbocycles. The van der Waals surface area contributed by atoms with Crippen molar-refractivity contribution in [1.82, 2.24) is 19.5 Å². The summed E-state index contributed by atoms with van der Waals surface area (Å²) in [6.45, 7) is 0.601. The monoisotopic (exact) mass is 467 g/mol. The first-order chi connectivity index (χ1) is 15.2. The molecule has 0 atom stereocenters. The Balaban J connectivity index is 1.46. The Bertz CT molecular complexity index is 1200. The van der Waals surface area contributed by atoms with Crippen LogP contribution in [0.15, 0.2) is 59.6 Å². The molecule has 2 aromatic heterocycles. The van der Waals surface area contributed by atoms with Gasteiger partial charge in [0, 0.05) is 32.4 Å². The van der Waals surface area contributed by atoms with Crippen LogP contribution in [0.3, 0.4) is 0 Å². The van der Waals surface area contributed by atoms with Crippen LogP contribution in [0.5, 0.6) is 0 Å². The summed E-state index contributed by atoms with van der Waals surface area (Å²) in [5.74, 6) is -0.975. The number of alkyl halides is 3. The van der Waals surface area contributed by atoms with Crippen molar-refractivity contribution in [3.8, 4) is 11.4 Å². The summed E-state index contributed by atoms with van der Waals surface area (Å²) in [5.41, 5.74) is -0.354. The third-order valence-electron chi connectivity index (χ3n) is 5.02. The van der Waals surface area contributed by atoms with Gasteiger partial charge < -0.3 is 4.90 Å². The Hall–Kier alpha value is -3.12. The predicted molar refractivity (Wildman–Crippen MR) is 108 cm³/mol. The summed E-state index contributed by atoms with van der Waals surface area (Å²) in [4.78, 5) is 5.43. The van der Waals surface area contributed by atoms with E-state index in [1.807, 2.05) is 11.0 Å². The van der Waals surface area contributed by atoms with E-state index in [4.69, 9.17) is 0 Å². The SMILES string of the molecule is O=S(=O)(c1ccc(F)c(C(F)(F)F)c1)N1CCN(c2ccc(-c3ccccn3)nn2)CC1. The van der Waals surface area contributed by atoms with Gasteiger partial charge >= 0.3 is 6.18 Å². The number of halogens is 4. The van der Waals surface area contributed by atoms with Gasteiger partial charge in [0.2, 0.25) is 10.0 Å². The summed E-state index contributed by atoms with van der Waals surface area (Å²) < 4.78 is 79.1. The van der Waals surface area contributed by atoms with Crippen molar-refractivity contribution >= 4 is 15.8 Å². The van der Waals surface area contributed by atoms with Gasteiger partial charge in [-0.2, -0.15) is 17.5 Å². The molecule has 0 unspecified atom stereocenters. The van der Waals surface area contributed by atoms with E-state index in [1.54, 1.807) is 30.5 Å². The molecule has 1 fully saturated rings. The molecule has 4 rings (SSSR count). The van der Waals surface area contributed by atoms with E-state index in [-0.39, 0.29) is 26.2 Å². The van der Waals surface area contributed by atoms with Crippen molar-refractivity contribution in [3.63, 3.8) is 0 Å². The molecule has 0 aliphatic carbocycles. The number of rotatable bonds is 4. The van der Waals surface area contributed by atoms with Gasteiger partial charge in [-0.15, -0.1) is 10.2 Å². The van der Waals surface area contributed by atoms with Crippen LogP contribution in [-0.2, 0) is 16.2 Å². The molecule has 0 bridgehead atoms. The van der Waals surface area contributed by atoms with E-state index in [0.29, 0.717) is 29.3 Å². The average molecular weight is 467 g/mol. The van der Waals surface area contributed by atoms with Gasteiger partial charge in [-0.05, 0) is 42.5 Å². The first-order valence-electron chi connectivity index (χ1n) is 9.53. The average Bonchev–Trinajstić information content (AvgIpc) is 2.79. The number of anilines is 1. The van der Waals surface area contributed by atoms with E-state index in [0.717, 1.165) is 10.4 Å². The highest BCUT2D eigenvalue weighted by Gasteiger charge is 2.37. The number of nitrogens with zero attached hydrogens (tertiary/aromatic N) is 5. The zero-order valence-corrected chi connectivity index (χ0v) is 17.3. The molecule has 168 valence electrons. The molecule has 3 aromatic rings. The fourth-order valence-corrected chi connectivity index (χ4v) is 4.78. The van der Waals surface area contributed by atoms with E-state index < -0.39 is 32.5 Å². The number of piperazine rings is 1. The quantitative estimate of drug-likeness (QED) is 0.549. The maximum atomic E-state index is 13.5. The lowest BCUT2D eigenvalue weighted by atomic mass is 10.2. The first-order valence-corrected chi connectivity index (χ1v) is 11.0. The maximum Gasteiger partial charge on any atom is 0.419 e. The minimum absolute atomic E-state index is 0.0325. The molecule has 0 saturated carbocycles. The Labute approximate surface area is 181 Å². The Kier molecular flexibility index (Phi) is 5.82. The molecule has 0 N–H and O–H groups in total. The molecule has 1 aliphatic rings. The normalized spacial score (nSPS) is 15.7. The zero-order valence-electron chi connectivity index (χ0n) is 16.5. The van der Waals surface area contributed by atoms with Crippen LogP contribution in [0, 0.1) is 5.82 Å². The van der Waals surface area contributed by atoms with Crippen molar-refractivity contribution in [2.75, 3.05) is 31.1 Å². The third kappa shape index (κ3) is 4.41. The van der Waals surface area contributed by atoms with Crippen molar-refractivity contribution in [1.29, 1.82) is 0 Å². The van der Waals surface area contributed by atoms with Crippen molar-refractivity contribution in [2.45, 2.75) is 11.1 Å². The van der Waals surface area contributed by atoms with Crippen LogP contribution in [0.2, 0.25) is 0 Å². The summed E-state index contributed by atoms with van der Waals surface area (Å²) >= 11 is 0.